The fourth-order valence-corrected chi connectivity index (χ4v) is 3.24. The largest absolute Gasteiger partial charge is 0.778 e. The Kier molecular flexibility index (Phi) is 5.07. The predicted molar refractivity (Wildman–Crippen MR) is 80.7 cm³/mol. The third-order valence-electron chi connectivity index (χ3n) is 3.81. The van der Waals surface area contributed by atoms with Gasteiger partial charge in [-0.1, -0.05) is 20.8 Å². The first-order chi connectivity index (χ1) is 9.75. The number of non-ortho nitro benzene ring substituents is 1. The number of aromatic hydroxyl groups is 1. The molecule has 0 saturated heterocycles. The van der Waals surface area contributed by atoms with E-state index in [-0.39, 0.29) is 17.0 Å². The van der Waals surface area contributed by atoms with E-state index in [1.54, 1.807) is 13.8 Å². The minimum Gasteiger partial charge on any atom is -0.778 e. The molecule has 0 amide bonds. The Morgan fingerprint density at radius 2 is 1.82 bits per heavy atom. The van der Waals surface area contributed by atoms with E-state index in [0.29, 0.717) is 0 Å². The summed E-state index contributed by atoms with van der Waals surface area (Å²) in [6.07, 6.45) is -0.611. The van der Waals surface area contributed by atoms with E-state index < -0.39 is 29.7 Å². The molecule has 0 aliphatic rings. The first kappa shape index (κ1) is 18.6. The van der Waals surface area contributed by atoms with Crippen molar-refractivity contribution in [2.45, 2.75) is 46.4 Å². The van der Waals surface area contributed by atoms with Crippen molar-refractivity contribution in [3.05, 3.63) is 33.9 Å². The highest BCUT2D eigenvalue weighted by molar-refractivity contribution is 7.50. The molecule has 8 heteroatoms. The van der Waals surface area contributed by atoms with Crippen LogP contribution in [0, 0.1) is 15.5 Å². The Labute approximate surface area is 129 Å². The summed E-state index contributed by atoms with van der Waals surface area (Å²) in [5.74, 6) is -0.321. The second-order valence-electron chi connectivity index (χ2n) is 6.69. The van der Waals surface area contributed by atoms with Crippen LogP contribution in [0.2, 0.25) is 0 Å². The van der Waals surface area contributed by atoms with Gasteiger partial charge in [0.25, 0.3) is 5.69 Å². The van der Waals surface area contributed by atoms with E-state index in [4.69, 9.17) is 4.52 Å². The van der Waals surface area contributed by atoms with E-state index in [0.717, 1.165) is 18.2 Å². The number of hydrogen-bond acceptors (Lipinski definition) is 6. The quantitative estimate of drug-likeness (QED) is 0.504. The van der Waals surface area contributed by atoms with Crippen LogP contribution in [0.5, 0.6) is 5.75 Å². The van der Waals surface area contributed by atoms with Gasteiger partial charge >= 0.3 is 0 Å². The van der Waals surface area contributed by atoms with Gasteiger partial charge in [-0.2, -0.15) is 0 Å². The third kappa shape index (κ3) is 4.53. The molecule has 0 aliphatic carbocycles. The van der Waals surface area contributed by atoms with Gasteiger partial charge in [0.15, 0.2) is 0 Å². The number of phenols is 1. The second kappa shape index (κ2) is 5.99. The molecule has 0 saturated carbocycles. The maximum absolute atomic E-state index is 12.2. The smallest absolute Gasteiger partial charge is 0.269 e. The lowest BCUT2D eigenvalue weighted by molar-refractivity contribution is -0.384. The molecular formula is C14H21NO6P-. The van der Waals surface area contributed by atoms with Crippen molar-refractivity contribution >= 4 is 13.3 Å². The molecule has 0 spiro atoms. The molecule has 1 atom stereocenters. The molecule has 7 nitrogen and oxygen atoms in total. The van der Waals surface area contributed by atoms with E-state index >= 15 is 0 Å². The van der Waals surface area contributed by atoms with Gasteiger partial charge in [-0.05, 0) is 25.3 Å². The fraction of sp³-hybridized carbons (Fsp3) is 0.571. The molecule has 1 aromatic rings. The molecule has 0 bridgehead atoms. The molecule has 0 heterocycles. The van der Waals surface area contributed by atoms with Crippen molar-refractivity contribution in [2.24, 2.45) is 5.41 Å². The Hall–Kier alpha value is -1.43. The van der Waals surface area contributed by atoms with Gasteiger partial charge in [0, 0.05) is 23.9 Å². The molecule has 1 unspecified atom stereocenters. The molecule has 0 fully saturated rings. The minimum atomic E-state index is -4.34. The van der Waals surface area contributed by atoms with Gasteiger partial charge in [-0.25, -0.2) is 0 Å². The van der Waals surface area contributed by atoms with Crippen molar-refractivity contribution in [3.63, 3.8) is 0 Å². The zero-order chi connectivity index (χ0) is 17.3. The number of phenolic OH excluding ortho intramolecular Hbond substituents is 1. The molecule has 1 aromatic carbocycles. The minimum absolute atomic E-state index is 0.0581. The van der Waals surface area contributed by atoms with Crippen molar-refractivity contribution in [2.75, 3.05) is 0 Å². The number of nitro groups is 1. The number of nitro benzene ring substituents is 1. The van der Waals surface area contributed by atoms with Crippen molar-refractivity contribution in [1.29, 1.82) is 0 Å². The first-order valence-electron chi connectivity index (χ1n) is 6.72. The molecule has 0 aliphatic heterocycles. The van der Waals surface area contributed by atoms with Gasteiger partial charge in [-0.15, -0.1) is 0 Å². The van der Waals surface area contributed by atoms with Gasteiger partial charge in [0.1, 0.15) is 13.3 Å². The highest BCUT2D eigenvalue weighted by Gasteiger charge is 2.37. The van der Waals surface area contributed by atoms with E-state index in [1.165, 1.54) is 0 Å². The molecule has 1 rings (SSSR count). The van der Waals surface area contributed by atoms with Crippen LogP contribution < -0.4 is 4.89 Å². The molecule has 22 heavy (non-hydrogen) atoms. The standard InChI is InChI=1S/C14H22NO6P/c1-13(2,3)14(4,5)21-22(19,20)9-10-8-11(15(17)18)6-7-12(10)16/h6-8,16H,9H2,1-5H3,(H,19,20)/p-1. The van der Waals surface area contributed by atoms with Crippen LogP contribution in [-0.4, -0.2) is 15.6 Å². The second-order valence-corrected chi connectivity index (χ2v) is 8.41. The zero-order valence-electron chi connectivity index (χ0n) is 13.3. The summed E-state index contributed by atoms with van der Waals surface area (Å²) in [7, 11) is -4.34. The average molecular weight is 330 g/mol. The zero-order valence-corrected chi connectivity index (χ0v) is 14.2. The van der Waals surface area contributed by atoms with Gasteiger partial charge < -0.3 is 19.1 Å². The summed E-state index contributed by atoms with van der Waals surface area (Å²) in [6, 6.07) is 3.24. The Morgan fingerprint density at radius 3 is 2.27 bits per heavy atom. The van der Waals surface area contributed by atoms with Gasteiger partial charge in [0.2, 0.25) is 0 Å². The normalized spacial score (nSPS) is 15.4. The SMILES string of the molecule is CC(C)(C)C(C)(C)OP(=O)([O-])Cc1cc([N+](=O)[O-])ccc1O. The van der Waals surface area contributed by atoms with Crippen LogP contribution in [0.15, 0.2) is 18.2 Å². The van der Waals surface area contributed by atoms with Crippen molar-refractivity contribution in [1.82, 2.24) is 0 Å². The van der Waals surface area contributed by atoms with Crippen molar-refractivity contribution in [3.8, 4) is 5.75 Å². The van der Waals surface area contributed by atoms with Crippen LogP contribution in [-0.2, 0) is 15.3 Å². The number of rotatable bonds is 5. The molecule has 0 aromatic heterocycles. The van der Waals surface area contributed by atoms with E-state index in [1.807, 2.05) is 20.8 Å². The van der Waals surface area contributed by atoms with Crippen LogP contribution in [0.25, 0.3) is 0 Å². The summed E-state index contributed by atoms with van der Waals surface area (Å²) in [4.78, 5) is 22.3. The van der Waals surface area contributed by atoms with Crippen LogP contribution >= 0.6 is 7.60 Å². The number of nitrogens with zero attached hydrogens (tertiary/aromatic N) is 1. The summed E-state index contributed by atoms with van der Waals surface area (Å²) in [5, 5.41) is 20.4. The Bertz CT molecular complexity index is 620. The summed E-state index contributed by atoms with van der Waals surface area (Å²) < 4.78 is 17.5. The highest BCUT2D eigenvalue weighted by Crippen LogP contribution is 2.51. The number of benzene rings is 1. The topological polar surface area (TPSA) is 113 Å². The fourth-order valence-electron chi connectivity index (χ4n) is 1.54. The monoisotopic (exact) mass is 330 g/mol. The Balaban J connectivity index is 3.05. The number of hydrogen-bond donors (Lipinski definition) is 1. The molecule has 0 radical (unpaired) electrons. The molecular weight excluding hydrogens is 309 g/mol. The lowest BCUT2D eigenvalue weighted by atomic mass is 9.79. The average Bonchev–Trinajstić information content (AvgIpc) is 2.28. The highest BCUT2D eigenvalue weighted by atomic mass is 31.2. The molecule has 124 valence electrons. The van der Waals surface area contributed by atoms with Gasteiger partial charge in [-0.3, -0.25) is 10.1 Å². The predicted octanol–water partition coefficient (Wildman–Crippen LogP) is 3.20. The summed E-state index contributed by atoms with van der Waals surface area (Å²) in [5.41, 5.74) is -1.74. The van der Waals surface area contributed by atoms with Crippen LogP contribution in [0.4, 0.5) is 5.69 Å². The van der Waals surface area contributed by atoms with E-state index in [9.17, 15) is 24.7 Å². The lowest BCUT2D eigenvalue weighted by Gasteiger charge is -2.43. The van der Waals surface area contributed by atoms with Crippen molar-refractivity contribution < 1.29 is 24.0 Å². The lowest BCUT2D eigenvalue weighted by Crippen LogP contribution is -2.39. The summed E-state index contributed by atoms with van der Waals surface area (Å²) >= 11 is 0. The maximum atomic E-state index is 12.2. The van der Waals surface area contributed by atoms with Gasteiger partial charge in [0.05, 0.1) is 10.5 Å². The summed E-state index contributed by atoms with van der Waals surface area (Å²) in [6.45, 7) is 8.85. The van der Waals surface area contributed by atoms with Crippen LogP contribution in [0.1, 0.15) is 40.2 Å². The van der Waals surface area contributed by atoms with Crippen LogP contribution in [0.3, 0.4) is 0 Å². The first-order valence-corrected chi connectivity index (χ1v) is 8.45. The van der Waals surface area contributed by atoms with E-state index in [2.05, 4.69) is 0 Å². The third-order valence-corrected chi connectivity index (χ3v) is 5.27. The Morgan fingerprint density at radius 1 is 1.27 bits per heavy atom. The molecule has 1 N–H and O–H groups in total. The maximum Gasteiger partial charge on any atom is 0.269 e.